The molecule has 1 amide bonds. The Hall–Kier alpha value is -4.20. The van der Waals surface area contributed by atoms with E-state index in [0.717, 1.165) is 11.1 Å². The van der Waals surface area contributed by atoms with Gasteiger partial charge in [0.2, 0.25) is 0 Å². The average Bonchev–Trinajstić information content (AvgIpc) is 3.14. The van der Waals surface area contributed by atoms with Gasteiger partial charge in [-0.25, -0.2) is 9.78 Å². The number of alkyl carbamates (subject to hydrolysis) is 1. The van der Waals surface area contributed by atoms with Crippen molar-refractivity contribution in [3.63, 3.8) is 0 Å². The van der Waals surface area contributed by atoms with Crippen LogP contribution in [0, 0.1) is 17.0 Å². The molecule has 0 fully saturated rings. The number of amides is 1. The predicted molar refractivity (Wildman–Crippen MR) is 124 cm³/mol. The van der Waals surface area contributed by atoms with Gasteiger partial charge in [0.1, 0.15) is 6.61 Å². The van der Waals surface area contributed by atoms with Crippen molar-refractivity contribution in [1.82, 2.24) is 10.3 Å². The maximum atomic E-state index is 12.2. The summed E-state index contributed by atoms with van der Waals surface area (Å²) in [7, 11) is 1.34. The van der Waals surface area contributed by atoms with Gasteiger partial charge in [-0.15, -0.1) is 0 Å². The zero-order chi connectivity index (χ0) is 23.4. The van der Waals surface area contributed by atoms with Gasteiger partial charge >= 0.3 is 11.8 Å². The highest BCUT2D eigenvalue weighted by Gasteiger charge is 2.29. The summed E-state index contributed by atoms with van der Waals surface area (Å²) in [5, 5.41) is 14.0. The van der Waals surface area contributed by atoms with Crippen molar-refractivity contribution in [3.05, 3.63) is 93.2 Å². The Labute approximate surface area is 191 Å². The Morgan fingerprint density at radius 1 is 1.15 bits per heavy atom. The Morgan fingerprint density at radius 3 is 2.39 bits per heavy atom. The van der Waals surface area contributed by atoms with Gasteiger partial charge in [0.05, 0.1) is 12.0 Å². The summed E-state index contributed by atoms with van der Waals surface area (Å²) in [6, 6.07) is 16.3. The van der Waals surface area contributed by atoms with Crippen molar-refractivity contribution in [2.75, 3.05) is 20.3 Å². The van der Waals surface area contributed by atoms with Crippen molar-refractivity contribution in [1.29, 1.82) is 0 Å². The molecule has 0 radical (unpaired) electrons. The lowest BCUT2D eigenvalue weighted by Crippen LogP contribution is -2.26. The number of aromatic nitrogens is 1. The van der Waals surface area contributed by atoms with E-state index in [4.69, 9.17) is 9.47 Å². The molecule has 3 aromatic rings. The molecular formula is C25H23N3O5. The lowest BCUT2D eigenvalue weighted by molar-refractivity contribution is -0.386. The van der Waals surface area contributed by atoms with E-state index in [0.29, 0.717) is 11.1 Å². The summed E-state index contributed by atoms with van der Waals surface area (Å²) in [6.45, 7) is 2.06. The molecule has 0 unspecified atom stereocenters. The van der Waals surface area contributed by atoms with Gasteiger partial charge in [0.25, 0.3) is 5.88 Å². The zero-order valence-corrected chi connectivity index (χ0v) is 18.3. The van der Waals surface area contributed by atoms with Crippen molar-refractivity contribution < 1.29 is 19.2 Å². The van der Waals surface area contributed by atoms with E-state index in [-0.39, 0.29) is 30.6 Å². The van der Waals surface area contributed by atoms with Crippen LogP contribution in [-0.2, 0) is 4.74 Å². The van der Waals surface area contributed by atoms with Gasteiger partial charge in [0, 0.05) is 29.8 Å². The second-order valence-corrected chi connectivity index (χ2v) is 7.56. The molecule has 1 heterocycles. The van der Waals surface area contributed by atoms with E-state index in [1.165, 1.54) is 24.4 Å². The fourth-order valence-corrected chi connectivity index (χ4v) is 4.09. The number of pyridine rings is 1. The minimum atomic E-state index is -0.530. The molecule has 1 aliphatic carbocycles. The second-order valence-electron chi connectivity index (χ2n) is 7.56. The zero-order valence-electron chi connectivity index (χ0n) is 18.3. The highest BCUT2D eigenvalue weighted by Crippen LogP contribution is 2.44. The van der Waals surface area contributed by atoms with Crippen molar-refractivity contribution in [2.45, 2.75) is 12.8 Å². The summed E-state index contributed by atoms with van der Waals surface area (Å²) in [5.74, 6) is -0.0429. The number of nitrogens with one attached hydrogen (secondary N) is 1. The first kappa shape index (κ1) is 22.0. The molecule has 4 rings (SSSR count). The standard InChI is InChI=1S/C25H23N3O5/c1-16-17(14-27-24(32-2)23(16)28(30)31)8-7-13-26-25(29)33-15-22-20-11-5-3-9-18(20)19-10-4-6-12-21(19)22/h3-12,14,22H,13,15H2,1-2H3,(H,26,29). The van der Waals surface area contributed by atoms with E-state index in [1.807, 2.05) is 24.3 Å². The van der Waals surface area contributed by atoms with Crippen LogP contribution in [0.5, 0.6) is 5.88 Å². The number of carbonyl (C=O) groups excluding carboxylic acids is 1. The van der Waals surface area contributed by atoms with Crippen molar-refractivity contribution in [3.8, 4) is 17.0 Å². The first-order valence-electron chi connectivity index (χ1n) is 10.4. The number of methoxy groups -OCH3 is 1. The first-order valence-corrected chi connectivity index (χ1v) is 10.4. The van der Waals surface area contributed by atoms with Crippen molar-refractivity contribution in [2.24, 2.45) is 0 Å². The van der Waals surface area contributed by atoms with Crippen LogP contribution < -0.4 is 10.1 Å². The third kappa shape index (κ3) is 4.41. The van der Waals surface area contributed by atoms with Gasteiger partial charge in [-0.05, 0) is 29.2 Å². The molecule has 2 aromatic carbocycles. The van der Waals surface area contributed by atoms with Gasteiger partial charge in [-0.1, -0.05) is 60.7 Å². The van der Waals surface area contributed by atoms with E-state index >= 15 is 0 Å². The van der Waals surface area contributed by atoms with Crippen molar-refractivity contribution >= 4 is 17.9 Å². The van der Waals surface area contributed by atoms with Crippen LogP contribution in [0.4, 0.5) is 10.5 Å². The molecule has 168 valence electrons. The molecule has 8 nitrogen and oxygen atoms in total. The largest absolute Gasteiger partial charge is 0.476 e. The Balaban J connectivity index is 1.35. The maximum absolute atomic E-state index is 12.2. The molecule has 0 bridgehead atoms. The summed E-state index contributed by atoms with van der Waals surface area (Å²) in [6.07, 6.45) is 4.31. The van der Waals surface area contributed by atoms with E-state index in [2.05, 4.69) is 34.6 Å². The molecule has 0 atom stereocenters. The van der Waals surface area contributed by atoms with Crippen LogP contribution >= 0.6 is 0 Å². The quantitative estimate of drug-likeness (QED) is 0.411. The summed E-state index contributed by atoms with van der Waals surface area (Å²) in [4.78, 5) is 27.0. The number of carbonyl (C=O) groups is 1. The number of ether oxygens (including phenoxy) is 2. The van der Waals surface area contributed by atoms with Gasteiger partial charge in [-0.3, -0.25) is 10.1 Å². The second kappa shape index (κ2) is 9.52. The number of hydrogen-bond donors (Lipinski definition) is 1. The van der Waals surface area contributed by atoms with Gasteiger partial charge in [-0.2, -0.15) is 0 Å². The summed E-state index contributed by atoms with van der Waals surface area (Å²) >= 11 is 0. The normalized spacial score (nSPS) is 12.3. The molecule has 1 aliphatic rings. The lowest BCUT2D eigenvalue weighted by atomic mass is 9.98. The fourth-order valence-electron chi connectivity index (χ4n) is 4.09. The molecule has 33 heavy (non-hydrogen) atoms. The van der Waals surface area contributed by atoms with E-state index in [1.54, 1.807) is 19.1 Å². The first-order chi connectivity index (χ1) is 16.0. The fraction of sp³-hybridized carbons (Fsp3) is 0.200. The van der Waals surface area contributed by atoms with Crippen LogP contribution in [-0.4, -0.2) is 36.3 Å². The number of nitro groups is 1. The van der Waals surface area contributed by atoms with Crippen LogP contribution in [0.1, 0.15) is 28.2 Å². The lowest BCUT2D eigenvalue weighted by Gasteiger charge is -2.14. The molecule has 0 saturated heterocycles. The Bertz CT molecular complexity index is 1190. The smallest absolute Gasteiger partial charge is 0.407 e. The average molecular weight is 445 g/mol. The molecule has 0 saturated carbocycles. The minimum Gasteiger partial charge on any atom is -0.476 e. The predicted octanol–water partition coefficient (Wildman–Crippen LogP) is 4.86. The minimum absolute atomic E-state index is 0.00716. The molecule has 1 N–H and O–H groups in total. The van der Waals surface area contributed by atoms with Gasteiger partial charge < -0.3 is 14.8 Å². The van der Waals surface area contributed by atoms with Crippen LogP contribution in [0.15, 0.2) is 60.8 Å². The van der Waals surface area contributed by atoms with Crippen LogP contribution in [0.3, 0.4) is 0 Å². The molecule has 1 aromatic heterocycles. The van der Waals surface area contributed by atoms with Crippen LogP contribution in [0.25, 0.3) is 17.2 Å². The number of rotatable bonds is 7. The highest BCUT2D eigenvalue weighted by molar-refractivity contribution is 5.79. The molecule has 0 spiro atoms. The summed E-state index contributed by atoms with van der Waals surface area (Å²) in [5.41, 5.74) is 5.46. The van der Waals surface area contributed by atoms with E-state index < -0.39 is 11.0 Å². The Morgan fingerprint density at radius 2 is 1.79 bits per heavy atom. The molecule has 8 heteroatoms. The number of fused-ring (bicyclic) bond motifs is 3. The monoisotopic (exact) mass is 445 g/mol. The van der Waals surface area contributed by atoms with Crippen LogP contribution in [0.2, 0.25) is 0 Å². The van der Waals surface area contributed by atoms with Gasteiger partial charge in [0.15, 0.2) is 0 Å². The maximum Gasteiger partial charge on any atom is 0.407 e. The SMILES string of the molecule is COc1ncc(C=CCNC(=O)OCC2c3ccccc3-c3ccccc32)c(C)c1[N+](=O)[O-]. The Kier molecular flexibility index (Phi) is 6.35. The van der Waals surface area contributed by atoms with E-state index in [9.17, 15) is 14.9 Å². The molecule has 0 aliphatic heterocycles. The third-order valence-corrected chi connectivity index (χ3v) is 5.69. The topological polar surface area (TPSA) is 104 Å². The highest BCUT2D eigenvalue weighted by atomic mass is 16.6. The third-order valence-electron chi connectivity index (χ3n) is 5.69. The number of hydrogen-bond acceptors (Lipinski definition) is 6. The number of benzene rings is 2. The number of nitrogens with zero attached hydrogens (tertiary/aromatic N) is 2. The molecular weight excluding hydrogens is 422 g/mol. The summed E-state index contributed by atoms with van der Waals surface area (Å²) < 4.78 is 10.5.